The molecule has 0 aliphatic carbocycles. The summed E-state index contributed by atoms with van der Waals surface area (Å²) in [5, 5.41) is 9.18. The number of carbonyl (C=O) groups is 1. The molecule has 1 heterocycles. The number of pyridine rings is 1. The number of guanidine groups is 1. The fraction of sp³-hybridized carbons (Fsp3) is 0.588. The molecular formula is C17H30IN5O. The molecule has 0 bridgehead atoms. The molecule has 3 N–H and O–H groups in total. The van der Waals surface area contributed by atoms with Crippen molar-refractivity contribution in [3.63, 3.8) is 0 Å². The van der Waals surface area contributed by atoms with Gasteiger partial charge in [-0.1, -0.05) is 19.9 Å². The van der Waals surface area contributed by atoms with Gasteiger partial charge in [0, 0.05) is 32.3 Å². The zero-order valence-corrected chi connectivity index (χ0v) is 17.4. The highest BCUT2D eigenvalue weighted by atomic mass is 127. The topological polar surface area (TPSA) is 78.4 Å². The molecule has 0 spiro atoms. The molecule has 0 aliphatic rings. The van der Waals surface area contributed by atoms with Crippen LogP contribution in [0.3, 0.4) is 0 Å². The molecule has 0 aromatic carbocycles. The molecule has 7 heteroatoms. The van der Waals surface area contributed by atoms with E-state index in [9.17, 15) is 4.79 Å². The van der Waals surface area contributed by atoms with Crippen molar-refractivity contribution in [2.75, 3.05) is 25.5 Å². The first-order chi connectivity index (χ1) is 11.0. The van der Waals surface area contributed by atoms with Crippen molar-refractivity contribution in [3.8, 4) is 0 Å². The van der Waals surface area contributed by atoms with Gasteiger partial charge in [0.15, 0.2) is 5.96 Å². The van der Waals surface area contributed by atoms with Crippen LogP contribution >= 0.6 is 24.0 Å². The monoisotopic (exact) mass is 447 g/mol. The summed E-state index contributed by atoms with van der Waals surface area (Å²) < 4.78 is 0. The summed E-state index contributed by atoms with van der Waals surface area (Å²) in [6.45, 7) is 7.74. The zero-order valence-electron chi connectivity index (χ0n) is 15.1. The maximum atomic E-state index is 11.9. The predicted octanol–water partition coefficient (Wildman–Crippen LogP) is 2.94. The molecule has 0 unspecified atom stereocenters. The standard InChI is InChI=1S/C17H29N5O.HI/c1-13(2)7-6-11-19-17(18-4)20-12-10-16(23)22-15-9-5-8-14(3)21-15;/h5,8-9,13H,6-7,10-12H2,1-4H3,(H2,18,19,20)(H,21,22,23);1H. The lowest BCUT2D eigenvalue weighted by molar-refractivity contribution is -0.116. The van der Waals surface area contributed by atoms with E-state index in [1.165, 1.54) is 6.42 Å². The number of halogens is 1. The van der Waals surface area contributed by atoms with Crippen LogP contribution in [0.25, 0.3) is 0 Å². The summed E-state index contributed by atoms with van der Waals surface area (Å²) >= 11 is 0. The van der Waals surface area contributed by atoms with Crippen LogP contribution in [0.5, 0.6) is 0 Å². The number of aromatic nitrogens is 1. The van der Waals surface area contributed by atoms with Crippen LogP contribution in [0.4, 0.5) is 5.82 Å². The lowest BCUT2D eigenvalue weighted by atomic mass is 10.1. The minimum Gasteiger partial charge on any atom is -0.356 e. The van der Waals surface area contributed by atoms with E-state index in [0.717, 1.165) is 24.6 Å². The molecule has 0 fully saturated rings. The third kappa shape index (κ3) is 10.4. The first-order valence-corrected chi connectivity index (χ1v) is 8.19. The van der Waals surface area contributed by atoms with Gasteiger partial charge in [0.2, 0.25) is 5.91 Å². The summed E-state index contributed by atoms with van der Waals surface area (Å²) in [7, 11) is 1.73. The third-order valence-corrected chi connectivity index (χ3v) is 3.27. The van der Waals surface area contributed by atoms with Gasteiger partial charge in [-0.2, -0.15) is 0 Å². The van der Waals surface area contributed by atoms with Crippen LogP contribution in [0, 0.1) is 12.8 Å². The van der Waals surface area contributed by atoms with Crippen molar-refractivity contribution in [1.82, 2.24) is 15.6 Å². The summed E-state index contributed by atoms with van der Waals surface area (Å²) in [6, 6.07) is 5.55. The molecule has 0 atom stereocenters. The van der Waals surface area contributed by atoms with E-state index in [0.29, 0.717) is 24.7 Å². The second-order valence-corrected chi connectivity index (χ2v) is 5.92. The van der Waals surface area contributed by atoms with Crippen LogP contribution in [-0.2, 0) is 4.79 Å². The second-order valence-electron chi connectivity index (χ2n) is 5.92. The van der Waals surface area contributed by atoms with Crippen LogP contribution in [0.2, 0.25) is 0 Å². The number of hydrogen-bond acceptors (Lipinski definition) is 3. The van der Waals surface area contributed by atoms with Gasteiger partial charge in [-0.3, -0.25) is 9.79 Å². The Bertz CT molecular complexity index is 519. The SMILES string of the molecule is CN=C(NCCCC(C)C)NCCC(=O)Nc1cccc(C)n1.I. The quantitative estimate of drug-likeness (QED) is 0.248. The smallest absolute Gasteiger partial charge is 0.227 e. The highest BCUT2D eigenvalue weighted by Gasteiger charge is 2.04. The Hall–Kier alpha value is -1.38. The number of nitrogens with one attached hydrogen (secondary N) is 3. The number of hydrogen-bond donors (Lipinski definition) is 3. The minimum atomic E-state index is -0.0640. The van der Waals surface area contributed by atoms with Gasteiger partial charge in [0.25, 0.3) is 0 Å². The fourth-order valence-corrected chi connectivity index (χ4v) is 2.05. The minimum absolute atomic E-state index is 0. The molecule has 0 radical (unpaired) electrons. The zero-order chi connectivity index (χ0) is 17.1. The van der Waals surface area contributed by atoms with Crippen molar-refractivity contribution in [3.05, 3.63) is 23.9 Å². The highest BCUT2D eigenvalue weighted by molar-refractivity contribution is 14.0. The van der Waals surface area contributed by atoms with Crippen molar-refractivity contribution in [2.24, 2.45) is 10.9 Å². The predicted molar refractivity (Wildman–Crippen MR) is 111 cm³/mol. The molecule has 6 nitrogen and oxygen atoms in total. The Kier molecular flexibility index (Phi) is 12.2. The van der Waals surface area contributed by atoms with E-state index in [1.807, 2.05) is 19.1 Å². The van der Waals surface area contributed by atoms with E-state index in [4.69, 9.17) is 0 Å². The number of carbonyl (C=O) groups excluding carboxylic acids is 1. The average molecular weight is 447 g/mol. The number of anilines is 1. The molecule has 1 aromatic heterocycles. The van der Waals surface area contributed by atoms with Crippen LogP contribution in [-0.4, -0.2) is 37.0 Å². The van der Waals surface area contributed by atoms with E-state index >= 15 is 0 Å². The molecule has 0 aliphatic heterocycles. The van der Waals surface area contributed by atoms with E-state index in [1.54, 1.807) is 13.1 Å². The number of aliphatic imine (C=N–C) groups is 1. The second kappa shape index (κ2) is 13.0. The first-order valence-electron chi connectivity index (χ1n) is 8.19. The molecular weight excluding hydrogens is 417 g/mol. The Morgan fingerprint density at radius 2 is 1.96 bits per heavy atom. The van der Waals surface area contributed by atoms with Gasteiger partial charge in [-0.05, 0) is 37.8 Å². The molecule has 0 saturated heterocycles. The summed E-state index contributed by atoms with van der Waals surface area (Å²) in [4.78, 5) is 20.3. The maximum Gasteiger partial charge on any atom is 0.227 e. The normalized spacial score (nSPS) is 11.0. The Balaban J connectivity index is 0.00000529. The van der Waals surface area contributed by atoms with Gasteiger partial charge in [0.1, 0.15) is 5.82 Å². The van der Waals surface area contributed by atoms with Gasteiger partial charge < -0.3 is 16.0 Å². The Morgan fingerprint density at radius 3 is 2.58 bits per heavy atom. The van der Waals surface area contributed by atoms with Crippen LogP contribution < -0.4 is 16.0 Å². The molecule has 1 rings (SSSR count). The average Bonchev–Trinajstić information content (AvgIpc) is 2.49. The largest absolute Gasteiger partial charge is 0.356 e. The number of amides is 1. The van der Waals surface area contributed by atoms with Crippen molar-refractivity contribution in [1.29, 1.82) is 0 Å². The van der Waals surface area contributed by atoms with Crippen molar-refractivity contribution >= 4 is 41.7 Å². The maximum absolute atomic E-state index is 11.9. The number of aryl methyl sites for hydroxylation is 1. The molecule has 0 saturated carbocycles. The van der Waals surface area contributed by atoms with Crippen molar-refractivity contribution in [2.45, 2.75) is 40.0 Å². The van der Waals surface area contributed by atoms with Gasteiger partial charge in [-0.15, -0.1) is 24.0 Å². The fourth-order valence-electron chi connectivity index (χ4n) is 2.05. The lowest BCUT2D eigenvalue weighted by Crippen LogP contribution is -2.39. The third-order valence-electron chi connectivity index (χ3n) is 3.27. The number of rotatable bonds is 8. The van der Waals surface area contributed by atoms with E-state index in [2.05, 4.69) is 39.8 Å². The summed E-state index contributed by atoms with van der Waals surface area (Å²) in [6.07, 6.45) is 2.66. The highest BCUT2D eigenvalue weighted by Crippen LogP contribution is 2.04. The Morgan fingerprint density at radius 1 is 1.25 bits per heavy atom. The van der Waals surface area contributed by atoms with Crippen molar-refractivity contribution < 1.29 is 4.79 Å². The molecule has 24 heavy (non-hydrogen) atoms. The molecule has 1 amide bonds. The van der Waals surface area contributed by atoms with Crippen LogP contribution in [0.15, 0.2) is 23.2 Å². The first kappa shape index (κ1) is 22.6. The summed E-state index contributed by atoms with van der Waals surface area (Å²) in [5.41, 5.74) is 0.881. The summed E-state index contributed by atoms with van der Waals surface area (Å²) in [5.74, 6) is 1.97. The van der Waals surface area contributed by atoms with Gasteiger partial charge >= 0.3 is 0 Å². The van der Waals surface area contributed by atoms with Gasteiger partial charge in [0.05, 0.1) is 0 Å². The molecule has 136 valence electrons. The lowest BCUT2D eigenvalue weighted by Gasteiger charge is -2.12. The van der Waals surface area contributed by atoms with Crippen LogP contribution in [0.1, 0.15) is 38.8 Å². The van der Waals surface area contributed by atoms with Gasteiger partial charge in [-0.25, -0.2) is 4.98 Å². The Labute approximate surface area is 162 Å². The van der Waals surface area contributed by atoms with E-state index < -0.39 is 0 Å². The molecule has 1 aromatic rings. The van der Waals surface area contributed by atoms with E-state index in [-0.39, 0.29) is 29.9 Å². The number of nitrogens with zero attached hydrogens (tertiary/aromatic N) is 2.